The van der Waals surface area contributed by atoms with Gasteiger partial charge < -0.3 is 35.7 Å². The molecule has 4 fully saturated rings. The molecular weight excluding hydrogens is 424 g/mol. The van der Waals surface area contributed by atoms with Gasteiger partial charge in [0, 0.05) is 17.8 Å². The van der Waals surface area contributed by atoms with Gasteiger partial charge in [0.15, 0.2) is 0 Å². The minimum atomic E-state index is -1.78. The summed E-state index contributed by atoms with van der Waals surface area (Å²) >= 11 is 0. The minimum Gasteiger partial charge on any atom is -0.393 e. The third-order valence-electron chi connectivity index (χ3n) is 11.2. The fourth-order valence-corrected chi connectivity index (χ4v) is 9.28. The van der Waals surface area contributed by atoms with E-state index in [0.717, 1.165) is 6.42 Å². The Kier molecular flexibility index (Phi) is 6.56. The number of hydrogen-bond acceptors (Lipinski definition) is 7. The molecule has 13 atom stereocenters. The molecule has 0 amide bonds. The first-order valence-corrected chi connectivity index (χ1v) is 13.1. The van der Waals surface area contributed by atoms with Crippen molar-refractivity contribution in [3.63, 3.8) is 0 Å². The van der Waals surface area contributed by atoms with Crippen molar-refractivity contribution in [2.75, 3.05) is 0 Å². The quantitative estimate of drug-likeness (QED) is 0.321. The molecule has 0 aromatic heterocycles. The molecule has 0 bridgehead atoms. The fraction of sp³-hybridized carbons (Fsp3) is 1.00. The van der Waals surface area contributed by atoms with Gasteiger partial charge in [-0.05, 0) is 74.5 Å². The van der Waals surface area contributed by atoms with Gasteiger partial charge >= 0.3 is 0 Å². The van der Waals surface area contributed by atoms with Gasteiger partial charge in [-0.25, -0.2) is 0 Å². The van der Waals surface area contributed by atoms with Gasteiger partial charge in [0.2, 0.25) is 0 Å². The van der Waals surface area contributed by atoms with Crippen molar-refractivity contribution in [1.82, 2.24) is 0 Å². The first-order chi connectivity index (χ1) is 15.3. The number of aliphatic hydroxyl groups is 7. The molecule has 7 N–H and O–H groups in total. The highest BCUT2D eigenvalue weighted by molar-refractivity contribution is 5.28. The lowest BCUT2D eigenvalue weighted by Gasteiger charge is -2.69. The maximum atomic E-state index is 12.3. The fourth-order valence-electron chi connectivity index (χ4n) is 9.28. The first kappa shape index (κ1) is 25.8. The summed E-state index contributed by atoms with van der Waals surface area (Å²) < 4.78 is 0. The van der Waals surface area contributed by atoms with Crippen LogP contribution in [0.2, 0.25) is 0 Å². The van der Waals surface area contributed by atoms with Gasteiger partial charge in [0.05, 0.1) is 30.5 Å². The maximum Gasteiger partial charge on any atom is 0.125 e. The van der Waals surface area contributed by atoms with E-state index < -0.39 is 58.3 Å². The summed E-state index contributed by atoms with van der Waals surface area (Å²) in [5, 5.41) is 78.1. The standard InChI is InChI=1S/C26H46O7/c1-5-15(27)7-6-14(2)16-12-20(30)26(33)24(16,4)11-9-19-23(3)10-8-17(28)22(31)21(23)18(29)13-25(19,26)32/h14-22,27-33H,5-13H2,1-4H3/t14-,15-,16-,17+,18+,19-,20+,21+,22+,23-,24-,25+,26+/m1/s1. The lowest BCUT2D eigenvalue weighted by molar-refractivity contribution is -0.337. The summed E-state index contributed by atoms with van der Waals surface area (Å²) in [5.74, 6) is -0.844. The molecule has 0 heterocycles. The summed E-state index contributed by atoms with van der Waals surface area (Å²) in [5.41, 5.74) is -4.86. The number of rotatable bonds is 5. The Balaban J connectivity index is 1.69. The molecule has 0 aromatic rings. The van der Waals surface area contributed by atoms with E-state index in [1.807, 2.05) is 20.8 Å². The van der Waals surface area contributed by atoms with Crippen LogP contribution in [-0.4, -0.2) is 77.5 Å². The van der Waals surface area contributed by atoms with Gasteiger partial charge in [0.1, 0.15) is 11.2 Å². The molecule has 0 spiro atoms. The van der Waals surface area contributed by atoms with Crippen molar-refractivity contribution >= 4 is 0 Å². The van der Waals surface area contributed by atoms with Gasteiger partial charge in [0.25, 0.3) is 0 Å². The van der Waals surface area contributed by atoms with E-state index in [4.69, 9.17) is 0 Å². The number of hydrogen-bond donors (Lipinski definition) is 7. The summed E-state index contributed by atoms with van der Waals surface area (Å²) in [7, 11) is 0. The lowest BCUT2D eigenvalue weighted by atomic mass is 9.40. The van der Waals surface area contributed by atoms with Crippen molar-refractivity contribution in [2.24, 2.45) is 34.5 Å². The lowest BCUT2D eigenvalue weighted by Crippen LogP contribution is -2.78. The van der Waals surface area contributed by atoms with Gasteiger partial charge in [-0.1, -0.05) is 27.7 Å². The zero-order valence-corrected chi connectivity index (χ0v) is 20.7. The molecule has 4 aliphatic rings. The first-order valence-electron chi connectivity index (χ1n) is 13.1. The Hall–Kier alpha value is -0.280. The highest BCUT2D eigenvalue weighted by Crippen LogP contribution is 2.71. The van der Waals surface area contributed by atoms with Crippen LogP contribution < -0.4 is 0 Å². The summed E-state index contributed by atoms with van der Waals surface area (Å²) in [4.78, 5) is 0. The molecule has 7 nitrogen and oxygen atoms in total. The van der Waals surface area contributed by atoms with Crippen LogP contribution >= 0.6 is 0 Å². The van der Waals surface area contributed by atoms with Crippen LogP contribution in [-0.2, 0) is 0 Å². The Morgan fingerprint density at radius 3 is 2.24 bits per heavy atom. The molecule has 0 aromatic carbocycles. The predicted octanol–water partition coefficient (Wildman–Crippen LogP) is 1.34. The van der Waals surface area contributed by atoms with Crippen molar-refractivity contribution in [2.45, 2.75) is 127 Å². The van der Waals surface area contributed by atoms with Gasteiger partial charge in [-0.2, -0.15) is 0 Å². The molecule has 4 saturated carbocycles. The SMILES string of the molecule is CC[C@@H](O)CC[C@@H](C)[C@H]1C[C@H](O)[C@]2(O)[C@]1(C)CC[C@@H]1[C@@]3(C)CC[C@H](O)[C@H](O)[C@@H]3[C@@H](O)C[C@]12O. The van der Waals surface area contributed by atoms with E-state index in [2.05, 4.69) is 6.92 Å². The third-order valence-corrected chi connectivity index (χ3v) is 11.2. The van der Waals surface area contributed by atoms with Crippen molar-refractivity contribution in [1.29, 1.82) is 0 Å². The summed E-state index contributed by atoms with van der Waals surface area (Å²) in [6.07, 6.45) is 0.0506. The highest BCUT2D eigenvalue weighted by atomic mass is 16.4. The Labute approximate surface area is 197 Å². The van der Waals surface area contributed by atoms with E-state index in [0.29, 0.717) is 44.9 Å². The molecule has 4 aliphatic carbocycles. The Morgan fingerprint density at radius 2 is 1.61 bits per heavy atom. The molecule has 7 heteroatoms. The molecule has 0 unspecified atom stereocenters. The van der Waals surface area contributed by atoms with Crippen LogP contribution in [0.25, 0.3) is 0 Å². The van der Waals surface area contributed by atoms with Crippen LogP contribution in [0.4, 0.5) is 0 Å². The van der Waals surface area contributed by atoms with Crippen LogP contribution in [0.15, 0.2) is 0 Å². The molecular formula is C26H46O7. The second-order valence-corrected chi connectivity index (χ2v) is 12.6. The van der Waals surface area contributed by atoms with Crippen LogP contribution in [0.3, 0.4) is 0 Å². The van der Waals surface area contributed by atoms with Gasteiger partial charge in [-0.15, -0.1) is 0 Å². The molecule has 4 rings (SSSR count). The second kappa shape index (κ2) is 8.39. The van der Waals surface area contributed by atoms with Crippen LogP contribution in [0, 0.1) is 34.5 Å². The van der Waals surface area contributed by atoms with Crippen LogP contribution in [0.1, 0.15) is 85.5 Å². The zero-order chi connectivity index (χ0) is 24.6. The van der Waals surface area contributed by atoms with E-state index >= 15 is 0 Å². The zero-order valence-electron chi connectivity index (χ0n) is 20.7. The molecule has 0 saturated heterocycles. The number of aliphatic hydroxyl groups excluding tert-OH is 5. The second-order valence-electron chi connectivity index (χ2n) is 12.6. The minimum absolute atomic E-state index is 0.0204. The molecule has 33 heavy (non-hydrogen) atoms. The summed E-state index contributed by atoms with van der Waals surface area (Å²) in [6, 6.07) is 0. The molecule has 192 valence electrons. The van der Waals surface area contributed by atoms with E-state index in [-0.39, 0.29) is 24.4 Å². The third kappa shape index (κ3) is 3.33. The van der Waals surface area contributed by atoms with Crippen LogP contribution in [0.5, 0.6) is 0 Å². The molecule has 0 radical (unpaired) electrons. The normalized spacial score (nSPS) is 55.9. The monoisotopic (exact) mass is 470 g/mol. The van der Waals surface area contributed by atoms with Gasteiger partial charge in [-0.3, -0.25) is 0 Å². The highest BCUT2D eigenvalue weighted by Gasteiger charge is 2.78. The average molecular weight is 471 g/mol. The predicted molar refractivity (Wildman–Crippen MR) is 123 cm³/mol. The summed E-state index contributed by atoms with van der Waals surface area (Å²) in [6.45, 7) is 8.01. The van der Waals surface area contributed by atoms with E-state index in [9.17, 15) is 35.7 Å². The Morgan fingerprint density at radius 1 is 0.939 bits per heavy atom. The van der Waals surface area contributed by atoms with E-state index in [1.165, 1.54) is 0 Å². The van der Waals surface area contributed by atoms with Crippen molar-refractivity contribution in [3.05, 3.63) is 0 Å². The Bertz CT molecular complexity index is 733. The number of fused-ring (bicyclic) bond motifs is 5. The smallest absolute Gasteiger partial charge is 0.125 e. The average Bonchev–Trinajstić information content (AvgIpc) is 2.96. The topological polar surface area (TPSA) is 142 Å². The maximum absolute atomic E-state index is 12.3. The van der Waals surface area contributed by atoms with E-state index in [1.54, 1.807) is 0 Å². The van der Waals surface area contributed by atoms with Crippen molar-refractivity contribution in [3.8, 4) is 0 Å². The molecule has 0 aliphatic heterocycles. The van der Waals surface area contributed by atoms with Crippen molar-refractivity contribution < 1.29 is 35.7 Å². The largest absolute Gasteiger partial charge is 0.393 e.